The van der Waals surface area contributed by atoms with Gasteiger partial charge in [0, 0.05) is 23.1 Å². The smallest absolute Gasteiger partial charge is 0.259 e. The SMILES string of the molecule is CC1(C)Oc2ccc(-c3cccc(Cl)c3)cc2C2(N=C(N)NC2=O)C1CCO. The van der Waals surface area contributed by atoms with Crippen LogP contribution in [0, 0.1) is 5.92 Å². The van der Waals surface area contributed by atoms with Crippen molar-refractivity contribution in [1.29, 1.82) is 0 Å². The van der Waals surface area contributed by atoms with E-state index in [9.17, 15) is 9.90 Å². The number of carbonyl (C=O) groups excluding carboxylic acids is 1. The first-order chi connectivity index (χ1) is 13.3. The molecule has 28 heavy (non-hydrogen) atoms. The number of ether oxygens (including phenoxy) is 1. The molecule has 2 aliphatic rings. The Kier molecular flexibility index (Phi) is 4.36. The lowest BCUT2D eigenvalue weighted by atomic mass is 9.66. The molecule has 0 radical (unpaired) electrons. The van der Waals surface area contributed by atoms with Crippen LogP contribution in [0.4, 0.5) is 0 Å². The number of nitrogens with two attached hydrogens (primary N) is 1. The van der Waals surface area contributed by atoms with Gasteiger partial charge in [0.25, 0.3) is 5.91 Å². The monoisotopic (exact) mass is 399 g/mol. The first-order valence-electron chi connectivity index (χ1n) is 9.15. The highest BCUT2D eigenvalue weighted by molar-refractivity contribution is 6.30. The Morgan fingerprint density at radius 3 is 2.64 bits per heavy atom. The fourth-order valence-electron chi connectivity index (χ4n) is 4.39. The molecular weight excluding hydrogens is 378 g/mol. The summed E-state index contributed by atoms with van der Waals surface area (Å²) >= 11 is 6.15. The van der Waals surface area contributed by atoms with Gasteiger partial charge in [0.15, 0.2) is 11.5 Å². The molecule has 146 valence electrons. The van der Waals surface area contributed by atoms with Crippen molar-refractivity contribution in [3.8, 4) is 16.9 Å². The molecule has 4 rings (SSSR count). The first kappa shape index (κ1) is 18.8. The second-order valence-electron chi connectivity index (χ2n) is 7.71. The number of nitrogens with one attached hydrogen (secondary N) is 1. The predicted octanol–water partition coefficient (Wildman–Crippen LogP) is 2.82. The predicted molar refractivity (Wildman–Crippen MR) is 108 cm³/mol. The molecule has 0 saturated heterocycles. The van der Waals surface area contributed by atoms with Gasteiger partial charge in [-0.25, -0.2) is 4.99 Å². The Morgan fingerprint density at radius 1 is 1.25 bits per heavy atom. The fourth-order valence-corrected chi connectivity index (χ4v) is 4.58. The number of aliphatic hydroxyl groups excluding tert-OH is 1. The van der Waals surface area contributed by atoms with Crippen LogP contribution in [-0.2, 0) is 10.3 Å². The fraction of sp³-hybridized carbons (Fsp3) is 0.333. The third-order valence-corrected chi connectivity index (χ3v) is 5.80. The Balaban J connectivity index is 1.96. The van der Waals surface area contributed by atoms with Crippen molar-refractivity contribution in [2.45, 2.75) is 31.4 Å². The van der Waals surface area contributed by atoms with Gasteiger partial charge in [0.1, 0.15) is 11.4 Å². The summed E-state index contributed by atoms with van der Waals surface area (Å²) in [6, 6.07) is 13.2. The van der Waals surface area contributed by atoms with Crippen LogP contribution in [0.25, 0.3) is 11.1 Å². The van der Waals surface area contributed by atoms with Gasteiger partial charge >= 0.3 is 0 Å². The van der Waals surface area contributed by atoms with Gasteiger partial charge in [-0.1, -0.05) is 29.8 Å². The molecular formula is C21H22ClN3O3. The van der Waals surface area contributed by atoms with Crippen molar-refractivity contribution in [3.63, 3.8) is 0 Å². The zero-order valence-electron chi connectivity index (χ0n) is 15.7. The molecule has 1 amide bonds. The Morgan fingerprint density at radius 2 is 2.00 bits per heavy atom. The minimum atomic E-state index is -1.25. The van der Waals surface area contributed by atoms with E-state index < -0.39 is 17.1 Å². The summed E-state index contributed by atoms with van der Waals surface area (Å²) in [5.74, 6) is -0.0409. The number of fused-ring (bicyclic) bond motifs is 2. The van der Waals surface area contributed by atoms with E-state index in [1.165, 1.54) is 0 Å². The van der Waals surface area contributed by atoms with Crippen LogP contribution in [0.3, 0.4) is 0 Å². The summed E-state index contributed by atoms with van der Waals surface area (Å²) in [6.45, 7) is 3.71. The maximum absolute atomic E-state index is 13.1. The third-order valence-electron chi connectivity index (χ3n) is 5.57. The van der Waals surface area contributed by atoms with E-state index in [1.54, 1.807) is 0 Å². The lowest BCUT2D eigenvalue weighted by molar-refractivity contribution is -0.132. The molecule has 2 heterocycles. The van der Waals surface area contributed by atoms with Crippen molar-refractivity contribution in [3.05, 3.63) is 53.1 Å². The Hall–Kier alpha value is -2.57. The number of hydrogen-bond donors (Lipinski definition) is 3. The van der Waals surface area contributed by atoms with E-state index in [-0.39, 0.29) is 18.5 Å². The van der Waals surface area contributed by atoms with E-state index in [4.69, 9.17) is 22.1 Å². The van der Waals surface area contributed by atoms with E-state index in [0.29, 0.717) is 22.8 Å². The number of aliphatic hydroxyl groups is 1. The van der Waals surface area contributed by atoms with Gasteiger partial charge in [0.2, 0.25) is 0 Å². The lowest BCUT2D eigenvalue weighted by Gasteiger charge is -2.48. The number of rotatable bonds is 3. The second-order valence-corrected chi connectivity index (χ2v) is 8.15. The number of hydrogen-bond acceptors (Lipinski definition) is 5. The normalized spacial score (nSPS) is 25.1. The topological polar surface area (TPSA) is 96.9 Å². The van der Waals surface area contributed by atoms with Crippen molar-refractivity contribution >= 4 is 23.5 Å². The molecule has 7 heteroatoms. The number of nitrogens with zero attached hydrogens (tertiary/aromatic N) is 1. The van der Waals surface area contributed by atoms with Crippen LogP contribution in [0.1, 0.15) is 25.8 Å². The van der Waals surface area contributed by atoms with Crippen molar-refractivity contribution in [2.24, 2.45) is 16.6 Å². The lowest BCUT2D eigenvalue weighted by Crippen LogP contribution is -2.57. The quantitative estimate of drug-likeness (QED) is 0.739. The maximum atomic E-state index is 13.1. The van der Waals surface area contributed by atoms with Crippen LogP contribution in [0.5, 0.6) is 5.75 Å². The maximum Gasteiger partial charge on any atom is 0.259 e. The van der Waals surface area contributed by atoms with E-state index in [0.717, 1.165) is 11.1 Å². The highest BCUT2D eigenvalue weighted by Crippen LogP contribution is 2.53. The van der Waals surface area contributed by atoms with Gasteiger partial charge in [-0.05, 0) is 55.7 Å². The molecule has 0 aromatic heterocycles. The van der Waals surface area contributed by atoms with Crippen LogP contribution in [0.2, 0.25) is 5.02 Å². The minimum absolute atomic E-state index is 0.0738. The standard InChI is InChI=1S/C21H22ClN3O3/c1-20(2)17(8-9-26)21(18(27)24-19(23)25-21)15-11-13(6-7-16(15)28-20)12-4-3-5-14(22)10-12/h3-7,10-11,17,26H,8-9H2,1-2H3,(H3,23,24,25,27). The highest BCUT2D eigenvalue weighted by Gasteiger charge is 2.60. The average Bonchev–Trinajstić information content (AvgIpc) is 2.93. The van der Waals surface area contributed by atoms with Crippen molar-refractivity contribution < 1.29 is 14.6 Å². The Labute approximate surface area is 168 Å². The van der Waals surface area contributed by atoms with Gasteiger partial charge in [0.05, 0.1) is 0 Å². The summed E-state index contributed by atoms with van der Waals surface area (Å²) in [6.07, 6.45) is 0.345. The van der Waals surface area contributed by atoms with Gasteiger partial charge < -0.3 is 15.6 Å². The molecule has 0 saturated carbocycles. The number of halogens is 1. The van der Waals surface area contributed by atoms with Gasteiger partial charge in [-0.3, -0.25) is 10.1 Å². The van der Waals surface area contributed by atoms with Crippen LogP contribution >= 0.6 is 11.6 Å². The first-order valence-corrected chi connectivity index (χ1v) is 9.53. The second kappa shape index (κ2) is 6.50. The molecule has 2 unspecified atom stereocenters. The molecule has 1 spiro atoms. The largest absolute Gasteiger partial charge is 0.487 e. The average molecular weight is 400 g/mol. The summed E-state index contributed by atoms with van der Waals surface area (Å²) in [5.41, 5.74) is 6.38. The van der Waals surface area contributed by atoms with Crippen molar-refractivity contribution in [1.82, 2.24) is 5.32 Å². The number of benzene rings is 2. The molecule has 2 aromatic rings. The summed E-state index contributed by atoms with van der Waals surface area (Å²) < 4.78 is 6.24. The summed E-state index contributed by atoms with van der Waals surface area (Å²) in [5, 5.41) is 12.9. The summed E-state index contributed by atoms with van der Waals surface area (Å²) in [7, 11) is 0. The molecule has 0 fully saturated rings. The number of aliphatic imine (C=N–C) groups is 1. The highest BCUT2D eigenvalue weighted by atomic mass is 35.5. The summed E-state index contributed by atoms with van der Waals surface area (Å²) in [4.78, 5) is 17.7. The molecule has 2 atom stereocenters. The number of carbonyl (C=O) groups is 1. The molecule has 6 nitrogen and oxygen atoms in total. The van der Waals surface area contributed by atoms with Crippen LogP contribution in [-0.4, -0.2) is 29.2 Å². The van der Waals surface area contributed by atoms with Crippen LogP contribution in [0.15, 0.2) is 47.5 Å². The molecule has 0 aliphatic carbocycles. The van der Waals surface area contributed by atoms with E-state index >= 15 is 0 Å². The number of amides is 1. The molecule has 2 aromatic carbocycles. The van der Waals surface area contributed by atoms with Gasteiger partial charge in [-0.2, -0.15) is 0 Å². The van der Waals surface area contributed by atoms with E-state index in [1.807, 2.05) is 56.3 Å². The van der Waals surface area contributed by atoms with Gasteiger partial charge in [-0.15, -0.1) is 0 Å². The third kappa shape index (κ3) is 2.75. The Bertz CT molecular complexity index is 989. The van der Waals surface area contributed by atoms with Crippen LogP contribution < -0.4 is 15.8 Å². The minimum Gasteiger partial charge on any atom is -0.487 e. The van der Waals surface area contributed by atoms with E-state index in [2.05, 4.69) is 10.3 Å². The zero-order valence-corrected chi connectivity index (χ0v) is 16.5. The van der Waals surface area contributed by atoms with Crippen molar-refractivity contribution in [2.75, 3.05) is 6.61 Å². The number of guanidine groups is 1. The molecule has 0 bridgehead atoms. The zero-order chi connectivity index (χ0) is 20.1. The molecule has 4 N–H and O–H groups in total. The molecule has 2 aliphatic heterocycles.